The zero-order chi connectivity index (χ0) is 18.9. The van der Waals surface area contributed by atoms with Crippen LogP contribution >= 0.6 is 0 Å². The summed E-state index contributed by atoms with van der Waals surface area (Å²) < 4.78 is 11.3. The first-order valence-corrected chi connectivity index (χ1v) is 8.33. The second kappa shape index (κ2) is 6.67. The maximum absolute atomic E-state index is 12.8. The van der Waals surface area contributed by atoms with Crippen LogP contribution in [0.25, 0.3) is 22.3 Å². The minimum atomic E-state index is -0.570. The SMILES string of the molecule is COc1ccccc1-c1cc(=O)c2c(NC(=O)C(C)(C)C)cccc2o1. The highest BCUT2D eigenvalue weighted by molar-refractivity contribution is 6.02. The number of para-hydroxylation sites is 1. The fourth-order valence-corrected chi connectivity index (χ4v) is 2.60. The van der Waals surface area contributed by atoms with Crippen LogP contribution in [0.5, 0.6) is 5.75 Å². The van der Waals surface area contributed by atoms with E-state index in [9.17, 15) is 9.59 Å². The molecule has 3 aromatic rings. The Kier molecular flexibility index (Phi) is 4.55. The maximum Gasteiger partial charge on any atom is 0.229 e. The maximum atomic E-state index is 12.8. The number of hydrogen-bond donors (Lipinski definition) is 1. The van der Waals surface area contributed by atoms with Gasteiger partial charge in [-0.2, -0.15) is 0 Å². The van der Waals surface area contributed by atoms with Crippen LogP contribution in [0.2, 0.25) is 0 Å². The van der Waals surface area contributed by atoms with Crippen molar-refractivity contribution in [3.8, 4) is 17.1 Å². The Labute approximate surface area is 151 Å². The number of carbonyl (C=O) groups is 1. The minimum absolute atomic E-state index is 0.168. The summed E-state index contributed by atoms with van der Waals surface area (Å²) in [6.45, 7) is 5.45. The molecule has 3 rings (SSSR count). The monoisotopic (exact) mass is 351 g/mol. The van der Waals surface area contributed by atoms with Crippen molar-refractivity contribution >= 4 is 22.6 Å². The molecule has 0 atom stereocenters. The first-order valence-electron chi connectivity index (χ1n) is 8.33. The van der Waals surface area contributed by atoms with Crippen LogP contribution in [0.1, 0.15) is 20.8 Å². The van der Waals surface area contributed by atoms with Crippen LogP contribution in [0, 0.1) is 5.41 Å². The van der Waals surface area contributed by atoms with Crippen molar-refractivity contribution in [1.29, 1.82) is 0 Å². The van der Waals surface area contributed by atoms with E-state index in [1.807, 2.05) is 39.0 Å². The van der Waals surface area contributed by atoms with Crippen LogP contribution < -0.4 is 15.5 Å². The number of fused-ring (bicyclic) bond motifs is 1. The van der Waals surface area contributed by atoms with Crippen molar-refractivity contribution in [2.75, 3.05) is 12.4 Å². The zero-order valence-electron chi connectivity index (χ0n) is 15.3. The van der Waals surface area contributed by atoms with E-state index in [2.05, 4.69) is 5.32 Å². The molecule has 134 valence electrons. The highest BCUT2D eigenvalue weighted by Crippen LogP contribution is 2.32. The lowest BCUT2D eigenvalue weighted by Gasteiger charge is -2.18. The Balaban J connectivity index is 2.14. The molecule has 5 heteroatoms. The molecule has 0 bridgehead atoms. The first kappa shape index (κ1) is 17.7. The summed E-state index contributed by atoms with van der Waals surface area (Å²) >= 11 is 0. The predicted molar refractivity (Wildman–Crippen MR) is 103 cm³/mol. The minimum Gasteiger partial charge on any atom is -0.496 e. The molecule has 0 unspecified atom stereocenters. The number of amides is 1. The first-order chi connectivity index (χ1) is 12.3. The van der Waals surface area contributed by atoms with E-state index in [0.717, 1.165) is 0 Å². The summed E-state index contributed by atoms with van der Waals surface area (Å²) in [6.07, 6.45) is 0. The highest BCUT2D eigenvalue weighted by Gasteiger charge is 2.22. The Bertz CT molecular complexity index is 1030. The number of hydrogen-bond acceptors (Lipinski definition) is 4. The molecule has 0 spiro atoms. The molecule has 1 heterocycles. The average molecular weight is 351 g/mol. The van der Waals surface area contributed by atoms with Gasteiger partial charge in [0, 0.05) is 11.5 Å². The van der Waals surface area contributed by atoms with Gasteiger partial charge in [-0.05, 0) is 24.3 Å². The highest BCUT2D eigenvalue weighted by atomic mass is 16.5. The van der Waals surface area contributed by atoms with Gasteiger partial charge in [0.1, 0.15) is 17.1 Å². The third-order valence-electron chi connectivity index (χ3n) is 4.06. The number of carbonyl (C=O) groups excluding carboxylic acids is 1. The van der Waals surface area contributed by atoms with E-state index in [1.165, 1.54) is 6.07 Å². The lowest BCUT2D eigenvalue weighted by Crippen LogP contribution is -2.28. The van der Waals surface area contributed by atoms with Gasteiger partial charge in [0.25, 0.3) is 0 Å². The summed E-state index contributed by atoms with van der Waals surface area (Å²) in [5.74, 6) is 0.865. The number of ether oxygens (including phenoxy) is 1. The molecule has 5 nitrogen and oxygen atoms in total. The Morgan fingerprint density at radius 1 is 1.08 bits per heavy atom. The van der Waals surface area contributed by atoms with E-state index in [1.54, 1.807) is 31.4 Å². The fourth-order valence-electron chi connectivity index (χ4n) is 2.60. The Morgan fingerprint density at radius 3 is 2.50 bits per heavy atom. The molecule has 0 saturated carbocycles. The summed E-state index contributed by atoms with van der Waals surface area (Å²) in [5, 5.41) is 3.17. The fraction of sp³-hybridized carbons (Fsp3) is 0.238. The quantitative estimate of drug-likeness (QED) is 0.757. The van der Waals surface area contributed by atoms with E-state index in [4.69, 9.17) is 9.15 Å². The van der Waals surface area contributed by atoms with Crippen molar-refractivity contribution in [1.82, 2.24) is 0 Å². The van der Waals surface area contributed by atoms with Gasteiger partial charge in [0.05, 0.1) is 23.7 Å². The Hall–Kier alpha value is -3.08. The molecule has 1 aromatic heterocycles. The van der Waals surface area contributed by atoms with Crippen molar-refractivity contribution in [2.24, 2.45) is 5.41 Å². The predicted octanol–water partition coefficient (Wildman–Crippen LogP) is 4.45. The van der Waals surface area contributed by atoms with Gasteiger partial charge in [0.2, 0.25) is 5.91 Å². The lowest BCUT2D eigenvalue weighted by atomic mass is 9.95. The molecule has 0 aliphatic carbocycles. The van der Waals surface area contributed by atoms with Crippen molar-refractivity contribution in [2.45, 2.75) is 20.8 Å². The van der Waals surface area contributed by atoms with Gasteiger partial charge in [0.15, 0.2) is 5.43 Å². The van der Waals surface area contributed by atoms with Gasteiger partial charge in [-0.3, -0.25) is 9.59 Å². The molecule has 1 N–H and O–H groups in total. The van der Waals surface area contributed by atoms with E-state index >= 15 is 0 Å². The van der Waals surface area contributed by atoms with Crippen molar-refractivity contribution in [3.63, 3.8) is 0 Å². The van der Waals surface area contributed by atoms with Gasteiger partial charge < -0.3 is 14.5 Å². The molecule has 2 aromatic carbocycles. The number of anilines is 1. The van der Waals surface area contributed by atoms with Crippen LogP contribution in [-0.2, 0) is 4.79 Å². The van der Waals surface area contributed by atoms with Gasteiger partial charge in [-0.15, -0.1) is 0 Å². The molecule has 0 radical (unpaired) electrons. The number of methoxy groups -OCH3 is 1. The smallest absolute Gasteiger partial charge is 0.229 e. The van der Waals surface area contributed by atoms with E-state index in [-0.39, 0.29) is 11.3 Å². The number of benzene rings is 2. The number of nitrogens with one attached hydrogen (secondary N) is 1. The molecule has 0 aliphatic rings. The summed E-state index contributed by atoms with van der Waals surface area (Å²) in [4.78, 5) is 25.1. The summed E-state index contributed by atoms with van der Waals surface area (Å²) in [5.41, 5.74) is 0.752. The van der Waals surface area contributed by atoms with Gasteiger partial charge in [-0.25, -0.2) is 0 Å². The molecule has 0 saturated heterocycles. The van der Waals surface area contributed by atoms with Gasteiger partial charge >= 0.3 is 0 Å². The Morgan fingerprint density at radius 2 is 1.81 bits per heavy atom. The van der Waals surface area contributed by atoms with Crippen LogP contribution in [0.4, 0.5) is 5.69 Å². The van der Waals surface area contributed by atoms with Crippen LogP contribution in [0.3, 0.4) is 0 Å². The third kappa shape index (κ3) is 3.33. The standard InChI is InChI=1S/C21H21NO4/c1-21(2,3)20(24)22-14-9-7-11-17-19(14)15(23)12-18(26-17)13-8-5-6-10-16(13)25-4/h5-12H,1-4H3,(H,22,24). The normalized spacial score (nSPS) is 11.4. The molecule has 26 heavy (non-hydrogen) atoms. The van der Waals surface area contributed by atoms with E-state index < -0.39 is 5.41 Å². The van der Waals surface area contributed by atoms with E-state index in [0.29, 0.717) is 33.7 Å². The molecular formula is C21H21NO4. The van der Waals surface area contributed by atoms with Crippen LogP contribution in [-0.4, -0.2) is 13.0 Å². The number of rotatable bonds is 3. The topological polar surface area (TPSA) is 68.5 Å². The summed E-state index contributed by atoms with van der Waals surface area (Å²) in [6, 6.07) is 13.9. The lowest BCUT2D eigenvalue weighted by molar-refractivity contribution is -0.123. The largest absolute Gasteiger partial charge is 0.496 e. The molecule has 0 fully saturated rings. The molecule has 1 amide bonds. The summed E-state index contributed by atoms with van der Waals surface area (Å²) in [7, 11) is 1.57. The second-order valence-electron chi connectivity index (χ2n) is 7.06. The third-order valence-corrected chi connectivity index (χ3v) is 4.06. The second-order valence-corrected chi connectivity index (χ2v) is 7.06. The van der Waals surface area contributed by atoms with Crippen LogP contribution in [0.15, 0.2) is 57.7 Å². The van der Waals surface area contributed by atoms with Gasteiger partial charge in [-0.1, -0.05) is 39.0 Å². The molecule has 0 aliphatic heterocycles. The average Bonchev–Trinajstić information content (AvgIpc) is 2.60. The van der Waals surface area contributed by atoms with Crippen molar-refractivity contribution < 1.29 is 13.9 Å². The zero-order valence-corrected chi connectivity index (χ0v) is 15.3. The molecular weight excluding hydrogens is 330 g/mol. The van der Waals surface area contributed by atoms with Crippen molar-refractivity contribution in [3.05, 3.63) is 58.8 Å².